The van der Waals surface area contributed by atoms with Crippen molar-refractivity contribution in [3.05, 3.63) is 34.9 Å². The molecule has 2 saturated heterocycles. The zero-order chi connectivity index (χ0) is 30.0. The van der Waals surface area contributed by atoms with Crippen molar-refractivity contribution in [3.8, 4) is 12.8 Å². The molecule has 0 bridgehead atoms. The summed E-state index contributed by atoms with van der Waals surface area (Å²) in [5.41, 5.74) is 0.864. The number of likely N-dealkylation sites (tertiary alicyclic amines) is 2. The Balaban J connectivity index is 0.000000454. The van der Waals surface area contributed by atoms with Crippen molar-refractivity contribution in [3.63, 3.8) is 0 Å². The van der Waals surface area contributed by atoms with Gasteiger partial charge in [-0.25, -0.2) is 4.79 Å². The number of terminal acetylenes is 1. The highest BCUT2D eigenvalue weighted by atomic mass is 35.5. The van der Waals surface area contributed by atoms with E-state index in [2.05, 4.69) is 44.1 Å². The molecule has 0 saturated carbocycles. The number of halogens is 1. The van der Waals surface area contributed by atoms with Crippen LogP contribution in [0.2, 0.25) is 5.02 Å². The van der Waals surface area contributed by atoms with Crippen LogP contribution in [0.15, 0.2) is 24.3 Å². The maximum absolute atomic E-state index is 12.9. The van der Waals surface area contributed by atoms with E-state index < -0.39 is 6.04 Å². The number of hydrogen-bond donors (Lipinski definition) is 1. The van der Waals surface area contributed by atoms with Crippen LogP contribution in [0, 0.1) is 24.2 Å². The van der Waals surface area contributed by atoms with Crippen molar-refractivity contribution >= 4 is 29.5 Å². The molecule has 7 nitrogen and oxygen atoms in total. The minimum Gasteiger partial charge on any atom is -0.444 e. The summed E-state index contributed by atoms with van der Waals surface area (Å²) in [7, 11) is 0. The molecule has 8 heteroatoms. The highest BCUT2D eigenvalue weighted by molar-refractivity contribution is 6.30. The Labute approximate surface area is 241 Å². The van der Waals surface area contributed by atoms with E-state index >= 15 is 0 Å². The summed E-state index contributed by atoms with van der Waals surface area (Å²) in [5.74, 6) is 0.302. The Morgan fingerprint density at radius 3 is 2.00 bits per heavy atom. The fourth-order valence-electron chi connectivity index (χ4n) is 5.01. The van der Waals surface area contributed by atoms with Crippen LogP contribution in [0.25, 0.3) is 0 Å². The van der Waals surface area contributed by atoms with Gasteiger partial charge < -0.3 is 19.9 Å². The van der Waals surface area contributed by atoms with Crippen molar-refractivity contribution in [2.75, 3.05) is 26.2 Å². The normalized spacial score (nSPS) is 19.1. The number of benzene rings is 1. The molecule has 218 valence electrons. The molecule has 2 unspecified atom stereocenters. The smallest absolute Gasteiger partial charge is 0.410 e. The van der Waals surface area contributed by atoms with E-state index in [0.29, 0.717) is 19.0 Å². The zero-order valence-corrected chi connectivity index (χ0v) is 25.8. The predicted molar refractivity (Wildman–Crippen MR) is 159 cm³/mol. The van der Waals surface area contributed by atoms with E-state index in [4.69, 9.17) is 16.3 Å². The van der Waals surface area contributed by atoms with Crippen LogP contribution >= 0.6 is 11.6 Å². The van der Waals surface area contributed by atoms with Crippen LogP contribution in [0.5, 0.6) is 0 Å². The van der Waals surface area contributed by atoms with Crippen LogP contribution in [0.3, 0.4) is 0 Å². The van der Waals surface area contributed by atoms with E-state index in [1.807, 2.05) is 51.7 Å². The first kappa shape index (κ1) is 34.3. The van der Waals surface area contributed by atoms with Gasteiger partial charge in [-0.1, -0.05) is 51.4 Å². The molecule has 2 heterocycles. The molecule has 2 aliphatic rings. The molecule has 1 N–H and O–H groups in total. The van der Waals surface area contributed by atoms with Gasteiger partial charge >= 0.3 is 6.09 Å². The van der Waals surface area contributed by atoms with Gasteiger partial charge in [0.05, 0.1) is 0 Å². The Bertz CT molecular complexity index is 960. The maximum Gasteiger partial charge on any atom is 0.410 e. The molecular weight excluding hydrogens is 514 g/mol. The number of carbonyl (C=O) groups excluding carboxylic acids is 3. The summed E-state index contributed by atoms with van der Waals surface area (Å²) in [5, 5.41) is 3.55. The zero-order valence-electron chi connectivity index (χ0n) is 25.1. The Morgan fingerprint density at radius 2 is 1.56 bits per heavy atom. The lowest BCUT2D eigenvalue weighted by Crippen LogP contribution is -2.55. The maximum atomic E-state index is 12.9. The fourth-order valence-corrected chi connectivity index (χ4v) is 5.14. The predicted octanol–water partition coefficient (Wildman–Crippen LogP) is 6.11. The van der Waals surface area contributed by atoms with E-state index in [1.54, 1.807) is 4.90 Å². The van der Waals surface area contributed by atoms with E-state index in [9.17, 15) is 14.4 Å². The van der Waals surface area contributed by atoms with Crippen molar-refractivity contribution < 1.29 is 19.1 Å². The first-order valence-electron chi connectivity index (χ1n) is 13.7. The number of nitrogens with zero attached hydrogens (tertiary/aromatic N) is 2. The van der Waals surface area contributed by atoms with Gasteiger partial charge in [0.15, 0.2) is 0 Å². The molecule has 0 aromatic heterocycles. The van der Waals surface area contributed by atoms with Crippen LogP contribution in [-0.4, -0.2) is 65.5 Å². The standard InChI is InChI=1S/C20H29ClN2O2.C9H17NO2.C2H2/c1-13(2)18(22-14(3)24)19(25)23-11-10-17(20(4,5)12-23)15-6-8-16(21)9-7-15;1-9(2,3)12-8(11)10-6-4-5-7-10;1-2/h6-9,13,17-18H,10-12H2,1-5H3,(H,22,24);4-7H2,1-3H3;1-2H. The van der Waals surface area contributed by atoms with Gasteiger partial charge in [0.1, 0.15) is 11.6 Å². The molecule has 0 aliphatic carbocycles. The second-order valence-corrected chi connectivity index (χ2v) is 12.7. The number of rotatable bonds is 4. The third-order valence-electron chi connectivity index (χ3n) is 6.86. The third kappa shape index (κ3) is 11.1. The topological polar surface area (TPSA) is 79.0 Å². The Morgan fingerprint density at radius 1 is 1.03 bits per heavy atom. The van der Waals surface area contributed by atoms with Crippen molar-refractivity contribution in [2.24, 2.45) is 11.3 Å². The van der Waals surface area contributed by atoms with Gasteiger partial charge in [-0.2, -0.15) is 0 Å². The van der Waals surface area contributed by atoms with Crippen molar-refractivity contribution in [1.82, 2.24) is 15.1 Å². The summed E-state index contributed by atoms with van der Waals surface area (Å²) in [6, 6.07) is 7.56. The SMILES string of the molecule is C#C.CC(=O)NC(C(=O)N1CCC(c2ccc(Cl)cc2)C(C)(C)C1)C(C)C.CC(C)(C)OC(=O)N1CCCC1. The summed E-state index contributed by atoms with van der Waals surface area (Å²) >= 11 is 6.00. The number of hydrogen-bond acceptors (Lipinski definition) is 4. The molecule has 3 amide bonds. The molecule has 39 heavy (non-hydrogen) atoms. The lowest BCUT2D eigenvalue weighted by Gasteiger charge is -2.45. The highest BCUT2D eigenvalue weighted by Crippen LogP contribution is 2.42. The number of carbonyl (C=O) groups is 3. The van der Waals surface area contributed by atoms with Gasteiger partial charge in [-0.15, -0.1) is 12.8 Å². The lowest BCUT2D eigenvalue weighted by molar-refractivity contribution is -0.140. The van der Waals surface area contributed by atoms with E-state index in [1.165, 1.54) is 12.5 Å². The average Bonchev–Trinajstić information content (AvgIpc) is 3.38. The van der Waals surface area contributed by atoms with Gasteiger partial charge in [-0.3, -0.25) is 9.59 Å². The minimum atomic E-state index is -0.458. The third-order valence-corrected chi connectivity index (χ3v) is 7.11. The van der Waals surface area contributed by atoms with Crippen LogP contribution in [0.4, 0.5) is 4.79 Å². The number of amides is 3. The number of nitrogens with one attached hydrogen (secondary N) is 1. The minimum absolute atomic E-state index is 0.0211. The van der Waals surface area contributed by atoms with Gasteiger partial charge in [0.2, 0.25) is 11.8 Å². The molecule has 0 radical (unpaired) electrons. The van der Waals surface area contributed by atoms with E-state index in [0.717, 1.165) is 37.4 Å². The highest BCUT2D eigenvalue weighted by Gasteiger charge is 2.40. The molecular formula is C31H48ClN3O4. The van der Waals surface area contributed by atoms with Crippen molar-refractivity contribution in [2.45, 2.75) is 92.2 Å². The molecule has 2 atom stereocenters. The molecule has 2 aliphatic heterocycles. The van der Waals surface area contributed by atoms with Crippen LogP contribution in [0.1, 0.15) is 86.1 Å². The molecule has 2 fully saturated rings. The quantitative estimate of drug-likeness (QED) is 0.450. The first-order valence-corrected chi connectivity index (χ1v) is 14.1. The summed E-state index contributed by atoms with van der Waals surface area (Å²) in [4.78, 5) is 39.4. The van der Waals surface area contributed by atoms with Crippen LogP contribution in [-0.2, 0) is 14.3 Å². The summed E-state index contributed by atoms with van der Waals surface area (Å²) in [6.07, 6.45) is 11.0. The fraction of sp³-hybridized carbons (Fsp3) is 0.645. The van der Waals surface area contributed by atoms with Gasteiger partial charge in [0, 0.05) is 38.1 Å². The van der Waals surface area contributed by atoms with Gasteiger partial charge in [0.25, 0.3) is 0 Å². The van der Waals surface area contributed by atoms with Crippen LogP contribution < -0.4 is 5.32 Å². The first-order chi connectivity index (χ1) is 18.1. The molecule has 1 aromatic carbocycles. The Hall–Kier alpha value is -2.72. The lowest BCUT2D eigenvalue weighted by atomic mass is 9.70. The largest absolute Gasteiger partial charge is 0.444 e. The summed E-state index contributed by atoms with van der Waals surface area (Å²) < 4.78 is 5.21. The second-order valence-electron chi connectivity index (χ2n) is 12.2. The molecule has 3 rings (SSSR count). The number of piperidine rings is 1. The summed E-state index contributed by atoms with van der Waals surface area (Å²) in [6.45, 7) is 18.6. The monoisotopic (exact) mass is 561 g/mol. The Kier molecular flexibility index (Phi) is 13.3. The van der Waals surface area contributed by atoms with E-state index in [-0.39, 0.29) is 34.8 Å². The average molecular weight is 562 g/mol. The molecule has 0 spiro atoms. The molecule has 1 aromatic rings. The second kappa shape index (κ2) is 15.2. The van der Waals surface area contributed by atoms with Crippen molar-refractivity contribution in [1.29, 1.82) is 0 Å². The number of ether oxygens (including phenoxy) is 1. The van der Waals surface area contributed by atoms with Gasteiger partial charge in [-0.05, 0) is 75.0 Å².